The van der Waals surface area contributed by atoms with Crippen molar-refractivity contribution in [3.8, 4) is 5.75 Å². The highest BCUT2D eigenvalue weighted by molar-refractivity contribution is 7.89. The first-order valence-corrected chi connectivity index (χ1v) is 10.2. The first-order chi connectivity index (χ1) is 13.9. The minimum absolute atomic E-state index is 0.0352. The number of nitrogens with zero attached hydrogens (tertiary/aromatic N) is 2. The van der Waals surface area contributed by atoms with Crippen LogP contribution in [0.2, 0.25) is 0 Å². The highest BCUT2D eigenvalue weighted by Gasteiger charge is 2.26. The molecule has 0 saturated heterocycles. The zero-order valence-corrected chi connectivity index (χ0v) is 16.5. The number of aromatic amines is 2. The van der Waals surface area contributed by atoms with Crippen LogP contribution < -0.4 is 15.1 Å². The van der Waals surface area contributed by atoms with E-state index in [9.17, 15) is 13.2 Å². The van der Waals surface area contributed by atoms with Crippen LogP contribution in [0.25, 0.3) is 11.0 Å². The molecule has 4 aromatic rings. The maximum Gasteiger partial charge on any atom is 0.323 e. The van der Waals surface area contributed by atoms with Gasteiger partial charge in [-0.25, -0.2) is 18.2 Å². The molecular formula is C19H19N5O4S. The van der Waals surface area contributed by atoms with Crippen molar-refractivity contribution in [2.45, 2.75) is 10.9 Å². The van der Waals surface area contributed by atoms with E-state index in [1.165, 1.54) is 12.1 Å². The molecule has 10 heteroatoms. The van der Waals surface area contributed by atoms with Crippen LogP contribution in [-0.4, -0.2) is 35.0 Å². The van der Waals surface area contributed by atoms with E-state index in [1.54, 1.807) is 61.5 Å². The molecule has 0 unspecified atom stereocenters. The van der Waals surface area contributed by atoms with Gasteiger partial charge < -0.3 is 19.3 Å². The summed E-state index contributed by atoms with van der Waals surface area (Å²) in [5, 5.41) is 0. The Morgan fingerprint density at radius 2 is 1.83 bits per heavy atom. The number of ether oxygens (including phenoxy) is 1. The van der Waals surface area contributed by atoms with Crippen molar-refractivity contribution < 1.29 is 13.2 Å². The number of rotatable bonds is 6. The Bertz CT molecular complexity index is 1320. The minimum Gasteiger partial charge on any atom is -0.497 e. The topological polar surface area (TPSA) is 122 Å². The third kappa shape index (κ3) is 3.67. The second-order valence-electron chi connectivity index (χ2n) is 6.51. The lowest BCUT2D eigenvalue weighted by Crippen LogP contribution is -2.31. The molecule has 9 nitrogen and oxygen atoms in total. The Hall–Kier alpha value is -3.37. The predicted octanol–water partition coefficient (Wildman–Crippen LogP) is 1.67. The van der Waals surface area contributed by atoms with Gasteiger partial charge in [0.05, 0.1) is 23.0 Å². The van der Waals surface area contributed by atoms with Crippen LogP contribution in [0.3, 0.4) is 0 Å². The summed E-state index contributed by atoms with van der Waals surface area (Å²) >= 11 is 0. The van der Waals surface area contributed by atoms with Crippen molar-refractivity contribution in [2.75, 3.05) is 7.11 Å². The van der Waals surface area contributed by atoms with E-state index < -0.39 is 21.8 Å². The summed E-state index contributed by atoms with van der Waals surface area (Å²) in [6, 6.07) is 10.8. The molecule has 0 aliphatic heterocycles. The molecule has 3 N–H and O–H groups in total. The van der Waals surface area contributed by atoms with E-state index in [0.717, 1.165) is 0 Å². The molecule has 0 bridgehead atoms. The fraction of sp³-hybridized carbons (Fsp3) is 0.158. The molecule has 4 rings (SSSR count). The monoisotopic (exact) mass is 413 g/mol. The SMILES string of the molecule is COc1ccc([C@H](NS(=O)(=O)c2ccc3[nH]c(=O)[nH]c3c2)c2nccn2C)cc1. The molecule has 1 atom stereocenters. The number of aryl methyl sites for hydroxylation is 1. The van der Waals surface area contributed by atoms with E-state index >= 15 is 0 Å². The van der Waals surface area contributed by atoms with E-state index in [4.69, 9.17) is 4.74 Å². The van der Waals surface area contributed by atoms with E-state index in [2.05, 4.69) is 19.7 Å². The van der Waals surface area contributed by atoms with Gasteiger partial charge in [-0.05, 0) is 35.9 Å². The number of imidazole rings is 2. The van der Waals surface area contributed by atoms with Crippen molar-refractivity contribution in [2.24, 2.45) is 7.05 Å². The van der Waals surface area contributed by atoms with Gasteiger partial charge in [0.25, 0.3) is 0 Å². The molecule has 2 heterocycles. The second-order valence-corrected chi connectivity index (χ2v) is 8.22. The van der Waals surface area contributed by atoms with Crippen LogP contribution >= 0.6 is 0 Å². The van der Waals surface area contributed by atoms with Crippen molar-refractivity contribution >= 4 is 21.1 Å². The van der Waals surface area contributed by atoms with Gasteiger partial charge in [0, 0.05) is 19.4 Å². The lowest BCUT2D eigenvalue weighted by atomic mass is 10.1. The van der Waals surface area contributed by atoms with Gasteiger partial charge in [0.1, 0.15) is 17.6 Å². The molecule has 150 valence electrons. The van der Waals surface area contributed by atoms with Crippen LogP contribution in [0.15, 0.2) is 64.5 Å². The number of nitrogens with one attached hydrogen (secondary N) is 3. The number of H-pyrrole nitrogens is 2. The summed E-state index contributed by atoms with van der Waals surface area (Å²) in [6.45, 7) is 0. The molecule has 0 fully saturated rings. The zero-order chi connectivity index (χ0) is 20.6. The Balaban J connectivity index is 1.75. The van der Waals surface area contributed by atoms with Gasteiger partial charge in [0.2, 0.25) is 10.0 Å². The molecule has 0 spiro atoms. The standard InChI is InChI=1S/C19H19N5O4S/c1-24-10-9-20-18(24)17(12-3-5-13(28-2)6-4-12)23-29(26,27)14-7-8-15-16(11-14)22-19(25)21-15/h3-11,17,23H,1-2H3,(H2,21,22,25)/t17-/m0/s1. The van der Waals surface area contributed by atoms with Crippen LogP contribution in [-0.2, 0) is 17.1 Å². The summed E-state index contributed by atoms with van der Waals surface area (Å²) in [5.74, 6) is 1.20. The number of methoxy groups -OCH3 is 1. The normalized spacial score (nSPS) is 12.9. The average Bonchev–Trinajstić information content (AvgIpc) is 3.30. The van der Waals surface area contributed by atoms with Gasteiger partial charge in [-0.1, -0.05) is 12.1 Å². The maximum absolute atomic E-state index is 13.1. The third-order valence-corrected chi connectivity index (χ3v) is 6.06. The Kier molecular flexibility index (Phi) is 4.73. The van der Waals surface area contributed by atoms with Gasteiger partial charge in [0.15, 0.2) is 0 Å². The molecule has 29 heavy (non-hydrogen) atoms. The van der Waals surface area contributed by atoms with Crippen molar-refractivity contribution in [3.05, 3.63) is 76.7 Å². The summed E-state index contributed by atoms with van der Waals surface area (Å²) in [7, 11) is -0.559. The second kappa shape index (κ2) is 7.22. The number of sulfonamides is 1. The zero-order valence-electron chi connectivity index (χ0n) is 15.7. The highest BCUT2D eigenvalue weighted by Crippen LogP contribution is 2.26. The van der Waals surface area contributed by atoms with E-state index in [1.807, 2.05) is 0 Å². The third-order valence-electron chi connectivity index (χ3n) is 4.64. The van der Waals surface area contributed by atoms with Gasteiger partial charge in [-0.15, -0.1) is 0 Å². The smallest absolute Gasteiger partial charge is 0.323 e. The van der Waals surface area contributed by atoms with Gasteiger partial charge >= 0.3 is 5.69 Å². The molecular weight excluding hydrogens is 394 g/mol. The fourth-order valence-electron chi connectivity index (χ4n) is 3.12. The van der Waals surface area contributed by atoms with Gasteiger partial charge in [-0.3, -0.25) is 0 Å². The van der Waals surface area contributed by atoms with Crippen molar-refractivity contribution in [1.29, 1.82) is 0 Å². The van der Waals surface area contributed by atoms with Gasteiger partial charge in [-0.2, -0.15) is 4.72 Å². The highest BCUT2D eigenvalue weighted by atomic mass is 32.2. The van der Waals surface area contributed by atoms with Crippen molar-refractivity contribution in [1.82, 2.24) is 24.2 Å². The molecule has 2 aromatic heterocycles. The predicted molar refractivity (Wildman–Crippen MR) is 107 cm³/mol. The Morgan fingerprint density at radius 1 is 1.10 bits per heavy atom. The molecule has 0 aliphatic rings. The number of hydrogen-bond donors (Lipinski definition) is 3. The number of aromatic nitrogens is 4. The molecule has 0 saturated carbocycles. The number of hydrogen-bond acceptors (Lipinski definition) is 5. The molecule has 2 aromatic carbocycles. The minimum atomic E-state index is -3.92. The summed E-state index contributed by atoms with van der Waals surface area (Å²) < 4.78 is 35.9. The summed E-state index contributed by atoms with van der Waals surface area (Å²) in [4.78, 5) is 21.0. The van der Waals surface area contributed by atoms with Crippen LogP contribution in [0.5, 0.6) is 5.75 Å². The van der Waals surface area contributed by atoms with Crippen LogP contribution in [0, 0.1) is 0 Å². The lowest BCUT2D eigenvalue weighted by Gasteiger charge is -2.19. The summed E-state index contributed by atoms with van der Waals surface area (Å²) in [5.41, 5.74) is 1.26. The largest absolute Gasteiger partial charge is 0.497 e. The van der Waals surface area contributed by atoms with Crippen molar-refractivity contribution in [3.63, 3.8) is 0 Å². The van der Waals surface area contributed by atoms with Crippen LogP contribution in [0.1, 0.15) is 17.4 Å². The van der Waals surface area contributed by atoms with E-state index in [-0.39, 0.29) is 4.90 Å². The summed E-state index contributed by atoms with van der Waals surface area (Å²) in [6.07, 6.45) is 3.35. The van der Waals surface area contributed by atoms with E-state index in [0.29, 0.717) is 28.2 Å². The molecule has 0 aliphatic carbocycles. The lowest BCUT2D eigenvalue weighted by molar-refractivity contribution is 0.414. The Morgan fingerprint density at radius 3 is 2.48 bits per heavy atom. The number of fused-ring (bicyclic) bond motifs is 1. The Labute approximate surface area is 166 Å². The molecule has 0 amide bonds. The maximum atomic E-state index is 13.1. The first-order valence-electron chi connectivity index (χ1n) is 8.73. The van der Waals surface area contributed by atoms with Crippen LogP contribution in [0.4, 0.5) is 0 Å². The fourth-order valence-corrected chi connectivity index (χ4v) is 4.33. The number of benzene rings is 2. The average molecular weight is 413 g/mol. The molecule has 0 radical (unpaired) electrons. The first kappa shape index (κ1) is 19.0. The quantitative estimate of drug-likeness (QED) is 0.444.